The Morgan fingerprint density at radius 1 is 1.07 bits per heavy atom. The fraction of sp³-hybridized carbons (Fsp3) is 0.381. The zero-order chi connectivity index (χ0) is 19.8. The second-order valence-corrected chi connectivity index (χ2v) is 7.45. The highest BCUT2D eigenvalue weighted by atomic mass is 35.5. The first-order valence-corrected chi connectivity index (χ1v) is 9.55. The molecule has 2 bridgehead atoms. The Morgan fingerprint density at radius 2 is 1.86 bits per heavy atom. The molecule has 2 fully saturated rings. The Kier molecular flexibility index (Phi) is 5.08. The lowest BCUT2D eigenvalue weighted by atomic mass is 10.1. The lowest BCUT2D eigenvalue weighted by Crippen LogP contribution is -2.50. The number of hydrogen-bond donors (Lipinski definition) is 0. The average molecular weight is 403 g/mol. The van der Waals surface area contributed by atoms with Gasteiger partial charge in [0.2, 0.25) is 5.91 Å². The van der Waals surface area contributed by atoms with Gasteiger partial charge >= 0.3 is 0 Å². The van der Waals surface area contributed by atoms with Gasteiger partial charge in [-0.2, -0.15) is 0 Å². The standard InChI is InChI=1S/C21H23ClN2O4/c1-26-18-8-7-14(22)9-16(18)24-15-10-17(21(24)25)23(12-15)11-13-5-4-6-19(27-2)20(13)28-3/h4-9,15,17H,10-12H2,1-3H3/t15-,17-/m0/s1. The summed E-state index contributed by atoms with van der Waals surface area (Å²) < 4.78 is 16.4. The Bertz CT molecular complexity index is 904. The van der Waals surface area contributed by atoms with Crippen LogP contribution in [0, 0.1) is 0 Å². The summed E-state index contributed by atoms with van der Waals surface area (Å²) in [6.07, 6.45) is 0.792. The van der Waals surface area contributed by atoms with Crippen molar-refractivity contribution in [3.05, 3.63) is 47.0 Å². The van der Waals surface area contributed by atoms with E-state index in [-0.39, 0.29) is 18.0 Å². The number of halogens is 1. The zero-order valence-corrected chi connectivity index (χ0v) is 16.9. The normalized spacial score (nSPS) is 21.3. The van der Waals surface area contributed by atoms with Crippen LogP contribution in [0.5, 0.6) is 17.2 Å². The summed E-state index contributed by atoms with van der Waals surface area (Å²) >= 11 is 6.17. The van der Waals surface area contributed by atoms with Gasteiger partial charge in [0, 0.05) is 23.7 Å². The number of piperazine rings is 1. The SMILES string of the molecule is COc1ccc(Cl)cc1N1C(=O)[C@@H]2C[C@H]1CN2Cc1cccc(OC)c1OC. The number of anilines is 1. The van der Waals surface area contributed by atoms with E-state index < -0.39 is 0 Å². The number of fused-ring (bicyclic) bond motifs is 2. The van der Waals surface area contributed by atoms with Crippen LogP contribution in [0.25, 0.3) is 0 Å². The molecule has 4 rings (SSSR count). The molecule has 1 amide bonds. The summed E-state index contributed by atoms with van der Waals surface area (Å²) in [6.45, 7) is 1.42. The van der Waals surface area contributed by atoms with E-state index in [0.717, 1.165) is 24.2 Å². The summed E-state index contributed by atoms with van der Waals surface area (Å²) in [4.78, 5) is 17.2. The molecule has 28 heavy (non-hydrogen) atoms. The van der Waals surface area contributed by atoms with Gasteiger partial charge in [-0.1, -0.05) is 23.7 Å². The predicted octanol–water partition coefficient (Wildman–Crippen LogP) is 3.36. The van der Waals surface area contributed by atoms with Crippen LogP contribution in [0.15, 0.2) is 36.4 Å². The molecule has 148 valence electrons. The van der Waals surface area contributed by atoms with Gasteiger partial charge in [0.25, 0.3) is 0 Å². The van der Waals surface area contributed by atoms with E-state index in [1.807, 2.05) is 23.1 Å². The summed E-state index contributed by atoms with van der Waals surface area (Å²) in [5, 5.41) is 0.587. The van der Waals surface area contributed by atoms with Crippen LogP contribution in [0.4, 0.5) is 5.69 Å². The van der Waals surface area contributed by atoms with Crippen molar-refractivity contribution in [2.45, 2.75) is 25.0 Å². The van der Waals surface area contributed by atoms with E-state index in [2.05, 4.69) is 4.90 Å². The first-order chi connectivity index (χ1) is 13.6. The third-order valence-electron chi connectivity index (χ3n) is 5.53. The van der Waals surface area contributed by atoms with Crippen molar-refractivity contribution in [3.63, 3.8) is 0 Å². The molecule has 2 aromatic carbocycles. The third kappa shape index (κ3) is 3.06. The first-order valence-electron chi connectivity index (χ1n) is 9.18. The second kappa shape index (κ2) is 7.53. The minimum Gasteiger partial charge on any atom is -0.495 e. The van der Waals surface area contributed by atoms with E-state index in [1.54, 1.807) is 39.5 Å². The molecule has 0 spiro atoms. The van der Waals surface area contributed by atoms with Crippen molar-refractivity contribution >= 4 is 23.2 Å². The van der Waals surface area contributed by atoms with Gasteiger partial charge in [-0.05, 0) is 30.7 Å². The molecule has 0 unspecified atom stereocenters. The van der Waals surface area contributed by atoms with E-state index in [9.17, 15) is 4.79 Å². The van der Waals surface area contributed by atoms with Crippen molar-refractivity contribution in [1.82, 2.24) is 4.90 Å². The first kappa shape index (κ1) is 18.9. The molecule has 6 nitrogen and oxygen atoms in total. The molecule has 0 aromatic heterocycles. The minimum absolute atomic E-state index is 0.0821. The number of ether oxygens (including phenoxy) is 3. The van der Waals surface area contributed by atoms with Crippen LogP contribution in [0.1, 0.15) is 12.0 Å². The molecule has 7 heteroatoms. The van der Waals surface area contributed by atoms with Crippen molar-refractivity contribution in [1.29, 1.82) is 0 Å². The lowest BCUT2D eigenvalue weighted by Gasteiger charge is -2.34. The number of para-hydroxylation sites is 1. The number of nitrogens with zero attached hydrogens (tertiary/aromatic N) is 2. The maximum absolute atomic E-state index is 13.2. The van der Waals surface area contributed by atoms with Crippen LogP contribution in [-0.4, -0.2) is 50.8 Å². The number of carbonyl (C=O) groups is 1. The molecule has 2 saturated heterocycles. The number of hydrogen-bond acceptors (Lipinski definition) is 5. The molecule has 2 aliphatic heterocycles. The fourth-order valence-electron chi connectivity index (χ4n) is 4.30. The van der Waals surface area contributed by atoms with Gasteiger partial charge in [0.15, 0.2) is 11.5 Å². The summed E-state index contributed by atoms with van der Waals surface area (Å²) in [5.74, 6) is 2.15. The van der Waals surface area contributed by atoms with Crippen molar-refractivity contribution in [2.75, 3.05) is 32.8 Å². The van der Waals surface area contributed by atoms with E-state index >= 15 is 0 Å². The number of amides is 1. The molecule has 0 radical (unpaired) electrons. The van der Waals surface area contributed by atoms with Gasteiger partial charge in [-0.3, -0.25) is 9.69 Å². The highest BCUT2D eigenvalue weighted by Crippen LogP contribution is 2.42. The lowest BCUT2D eigenvalue weighted by molar-refractivity contribution is -0.122. The maximum atomic E-state index is 13.2. The topological polar surface area (TPSA) is 51.2 Å². The molecule has 2 heterocycles. The minimum atomic E-state index is -0.162. The van der Waals surface area contributed by atoms with Crippen molar-refractivity contribution < 1.29 is 19.0 Å². The van der Waals surface area contributed by atoms with Gasteiger partial charge in [-0.25, -0.2) is 0 Å². The molecular formula is C21H23ClN2O4. The Labute approximate surface area is 169 Å². The molecule has 2 aromatic rings. The monoisotopic (exact) mass is 402 g/mol. The van der Waals surface area contributed by atoms with E-state index in [1.165, 1.54) is 0 Å². The van der Waals surface area contributed by atoms with Crippen LogP contribution in [-0.2, 0) is 11.3 Å². The van der Waals surface area contributed by atoms with E-state index in [0.29, 0.717) is 28.8 Å². The van der Waals surface area contributed by atoms with Crippen LogP contribution >= 0.6 is 11.6 Å². The molecular weight excluding hydrogens is 380 g/mol. The molecule has 0 aliphatic carbocycles. The number of benzene rings is 2. The summed E-state index contributed by atoms with van der Waals surface area (Å²) in [5.41, 5.74) is 1.75. The molecule has 0 saturated carbocycles. The third-order valence-corrected chi connectivity index (χ3v) is 5.76. The van der Waals surface area contributed by atoms with E-state index in [4.69, 9.17) is 25.8 Å². The fourth-order valence-corrected chi connectivity index (χ4v) is 4.47. The number of methoxy groups -OCH3 is 3. The van der Waals surface area contributed by atoms with Crippen LogP contribution < -0.4 is 19.1 Å². The number of likely N-dealkylation sites (tertiary alicyclic amines) is 1. The Balaban J connectivity index is 1.57. The van der Waals surface area contributed by atoms with Crippen molar-refractivity contribution in [2.24, 2.45) is 0 Å². The molecule has 2 atom stereocenters. The summed E-state index contributed by atoms with van der Waals surface area (Å²) in [7, 11) is 4.86. The smallest absolute Gasteiger partial charge is 0.244 e. The maximum Gasteiger partial charge on any atom is 0.244 e. The predicted molar refractivity (Wildman–Crippen MR) is 108 cm³/mol. The Hall–Kier alpha value is -2.44. The summed E-state index contributed by atoms with van der Waals surface area (Å²) in [6, 6.07) is 11.1. The van der Waals surface area contributed by atoms with Gasteiger partial charge in [0.1, 0.15) is 5.75 Å². The highest BCUT2D eigenvalue weighted by Gasteiger charge is 2.50. The number of rotatable bonds is 6. The average Bonchev–Trinajstić information content (AvgIpc) is 3.25. The second-order valence-electron chi connectivity index (χ2n) is 7.01. The number of carbonyl (C=O) groups excluding carboxylic acids is 1. The molecule has 2 aliphatic rings. The van der Waals surface area contributed by atoms with Gasteiger partial charge < -0.3 is 19.1 Å². The van der Waals surface area contributed by atoms with Gasteiger partial charge in [-0.15, -0.1) is 0 Å². The van der Waals surface area contributed by atoms with Crippen molar-refractivity contribution in [3.8, 4) is 17.2 Å². The van der Waals surface area contributed by atoms with Crippen LogP contribution in [0.2, 0.25) is 5.02 Å². The Morgan fingerprint density at radius 3 is 2.54 bits per heavy atom. The zero-order valence-electron chi connectivity index (χ0n) is 16.1. The van der Waals surface area contributed by atoms with Gasteiger partial charge in [0.05, 0.1) is 39.1 Å². The quantitative estimate of drug-likeness (QED) is 0.741. The largest absolute Gasteiger partial charge is 0.495 e. The highest BCUT2D eigenvalue weighted by molar-refractivity contribution is 6.31. The molecule has 0 N–H and O–H groups in total. The van der Waals surface area contributed by atoms with Crippen LogP contribution in [0.3, 0.4) is 0 Å².